The maximum absolute atomic E-state index is 12.1. The average molecular weight is 308 g/mol. The minimum Gasteiger partial charge on any atom is -0.397 e. The SMILES string of the molecule is CS(=O)(=O)CS(=O)(=O)N(CCO)c1ccccc1N. The minimum atomic E-state index is -4.11. The molecule has 1 aromatic carbocycles. The van der Waals surface area contributed by atoms with Gasteiger partial charge < -0.3 is 10.8 Å². The lowest BCUT2D eigenvalue weighted by atomic mass is 10.3. The van der Waals surface area contributed by atoms with Crippen molar-refractivity contribution in [2.75, 3.05) is 34.5 Å². The fourth-order valence-electron chi connectivity index (χ4n) is 1.55. The number of sulfone groups is 1. The first-order valence-corrected chi connectivity index (χ1v) is 8.98. The van der Waals surface area contributed by atoms with Crippen LogP contribution in [0.25, 0.3) is 0 Å². The third kappa shape index (κ3) is 4.37. The van der Waals surface area contributed by atoms with E-state index in [-0.39, 0.29) is 17.9 Å². The van der Waals surface area contributed by atoms with Gasteiger partial charge in [-0.05, 0) is 12.1 Å². The summed E-state index contributed by atoms with van der Waals surface area (Å²) in [6.45, 7) is -0.705. The number of nitrogens with zero attached hydrogens (tertiary/aromatic N) is 1. The largest absolute Gasteiger partial charge is 0.397 e. The maximum atomic E-state index is 12.1. The van der Waals surface area contributed by atoms with Crippen molar-refractivity contribution >= 4 is 31.2 Å². The Morgan fingerprint density at radius 2 is 1.79 bits per heavy atom. The van der Waals surface area contributed by atoms with Crippen molar-refractivity contribution in [2.24, 2.45) is 0 Å². The van der Waals surface area contributed by atoms with Gasteiger partial charge in [0, 0.05) is 6.26 Å². The molecule has 0 aromatic heterocycles. The normalized spacial score (nSPS) is 12.3. The lowest BCUT2D eigenvalue weighted by molar-refractivity contribution is 0.307. The van der Waals surface area contributed by atoms with E-state index < -0.39 is 31.6 Å². The van der Waals surface area contributed by atoms with Gasteiger partial charge in [0.25, 0.3) is 0 Å². The number of aliphatic hydroxyl groups excluding tert-OH is 1. The molecule has 0 radical (unpaired) electrons. The van der Waals surface area contributed by atoms with E-state index >= 15 is 0 Å². The molecular formula is C10H16N2O5S2. The van der Waals surface area contributed by atoms with Crippen molar-refractivity contribution in [2.45, 2.75) is 0 Å². The Balaban J connectivity index is 3.26. The van der Waals surface area contributed by atoms with Crippen LogP contribution in [-0.4, -0.2) is 46.4 Å². The lowest BCUT2D eigenvalue weighted by Crippen LogP contribution is -2.37. The zero-order valence-electron chi connectivity index (χ0n) is 10.4. The molecule has 108 valence electrons. The molecule has 7 nitrogen and oxygen atoms in total. The van der Waals surface area contributed by atoms with Gasteiger partial charge >= 0.3 is 0 Å². The summed E-state index contributed by atoms with van der Waals surface area (Å²) in [5.41, 5.74) is 6.02. The third-order valence-corrected chi connectivity index (χ3v) is 6.16. The van der Waals surface area contributed by atoms with Gasteiger partial charge in [-0.15, -0.1) is 0 Å². The first-order valence-electron chi connectivity index (χ1n) is 5.31. The Kier molecular flexibility index (Phi) is 4.77. The van der Waals surface area contributed by atoms with Crippen LogP contribution in [-0.2, 0) is 19.9 Å². The minimum absolute atomic E-state index is 0.153. The Morgan fingerprint density at radius 3 is 2.26 bits per heavy atom. The molecule has 1 rings (SSSR count). The molecule has 0 aliphatic carbocycles. The number of para-hydroxylation sites is 2. The van der Waals surface area contributed by atoms with Crippen molar-refractivity contribution in [3.63, 3.8) is 0 Å². The summed E-state index contributed by atoms with van der Waals surface area (Å²) in [6, 6.07) is 6.14. The quantitative estimate of drug-likeness (QED) is 0.678. The van der Waals surface area contributed by atoms with Gasteiger partial charge in [-0.2, -0.15) is 0 Å². The van der Waals surface area contributed by atoms with Crippen LogP contribution < -0.4 is 10.0 Å². The highest BCUT2D eigenvalue weighted by Crippen LogP contribution is 2.25. The molecule has 0 bridgehead atoms. The van der Waals surface area contributed by atoms with Gasteiger partial charge in [0.2, 0.25) is 10.0 Å². The van der Waals surface area contributed by atoms with Crippen molar-refractivity contribution in [3.05, 3.63) is 24.3 Å². The van der Waals surface area contributed by atoms with Crippen LogP contribution in [0.1, 0.15) is 0 Å². The van der Waals surface area contributed by atoms with E-state index in [1.165, 1.54) is 12.1 Å². The summed E-state index contributed by atoms with van der Waals surface area (Å²) in [7, 11) is -7.83. The smallest absolute Gasteiger partial charge is 0.249 e. The molecule has 19 heavy (non-hydrogen) atoms. The Hall–Kier alpha value is -1.32. The molecule has 0 heterocycles. The zero-order chi connectivity index (χ0) is 14.7. The molecule has 0 fully saturated rings. The first kappa shape index (κ1) is 15.7. The summed E-state index contributed by atoms with van der Waals surface area (Å²) in [5, 5.41) is 7.92. The molecule has 0 amide bonds. The number of hydrogen-bond acceptors (Lipinski definition) is 6. The Morgan fingerprint density at radius 1 is 1.21 bits per heavy atom. The highest BCUT2D eigenvalue weighted by Gasteiger charge is 2.27. The van der Waals surface area contributed by atoms with E-state index in [4.69, 9.17) is 10.8 Å². The van der Waals surface area contributed by atoms with Crippen molar-refractivity contribution in [1.29, 1.82) is 0 Å². The Bertz CT molecular complexity index is 640. The van der Waals surface area contributed by atoms with Gasteiger partial charge in [0.05, 0.1) is 24.5 Å². The number of benzene rings is 1. The maximum Gasteiger partial charge on any atom is 0.249 e. The van der Waals surface area contributed by atoms with Crippen molar-refractivity contribution in [3.8, 4) is 0 Å². The second-order valence-electron chi connectivity index (χ2n) is 4.01. The summed E-state index contributed by atoms with van der Waals surface area (Å²) < 4.78 is 47.3. The molecular weight excluding hydrogens is 292 g/mol. The fraction of sp³-hybridized carbons (Fsp3) is 0.400. The van der Waals surface area contributed by atoms with E-state index in [2.05, 4.69) is 0 Å². The van der Waals surface area contributed by atoms with E-state index in [1.54, 1.807) is 12.1 Å². The van der Waals surface area contributed by atoms with Crippen LogP contribution in [0.15, 0.2) is 24.3 Å². The zero-order valence-corrected chi connectivity index (χ0v) is 12.0. The van der Waals surface area contributed by atoms with Crippen LogP contribution in [0, 0.1) is 0 Å². The van der Waals surface area contributed by atoms with E-state index in [1.807, 2.05) is 0 Å². The summed E-state index contributed by atoms with van der Waals surface area (Å²) in [4.78, 5) is 0. The summed E-state index contributed by atoms with van der Waals surface area (Å²) >= 11 is 0. The first-order chi connectivity index (χ1) is 8.67. The number of sulfonamides is 1. The van der Waals surface area contributed by atoms with Crippen LogP contribution >= 0.6 is 0 Å². The van der Waals surface area contributed by atoms with Gasteiger partial charge in [-0.1, -0.05) is 12.1 Å². The van der Waals surface area contributed by atoms with Crippen molar-refractivity contribution in [1.82, 2.24) is 0 Å². The number of nitrogen functional groups attached to an aromatic ring is 1. The highest BCUT2D eigenvalue weighted by molar-refractivity contribution is 8.08. The lowest BCUT2D eigenvalue weighted by Gasteiger charge is -2.24. The number of nitrogens with two attached hydrogens (primary N) is 1. The standard InChI is InChI=1S/C10H16N2O5S2/c1-18(14,15)8-19(16,17)12(6-7-13)10-5-3-2-4-9(10)11/h2-5,13H,6-8,11H2,1H3. The predicted octanol–water partition coefficient (Wildman–Crippen LogP) is -0.601. The summed E-state index contributed by atoms with van der Waals surface area (Å²) in [5.74, 6) is 0. The molecule has 0 atom stereocenters. The van der Waals surface area contributed by atoms with Gasteiger partial charge in [0.15, 0.2) is 14.9 Å². The fourth-order valence-corrected chi connectivity index (χ4v) is 5.05. The molecule has 0 saturated heterocycles. The molecule has 9 heteroatoms. The van der Waals surface area contributed by atoms with E-state index in [0.717, 1.165) is 10.6 Å². The average Bonchev–Trinajstić information content (AvgIpc) is 2.23. The van der Waals surface area contributed by atoms with Crippen molar-refractivity contribution < 1.29 is 21.9 Å². The third-order valence-electron chi connectivity index (χ3n) is 2.21. The molecule has 0 spiro atoms. The Labute approximate surface area is 112 Å². The number of aliphatic hydroxyl groups is 1. The van der Waals surface area contributed by atoms with Crippen LogP contribution in [0.5, 0.6) is 0 Å². The molecule has 1 aromatic rings. The van der Waals surface area contributed by atoms with Gasteiger partial charge in [-0.3, -0.25) is 4.31 Å². The number of rotatable bonds is 6. The van der Waals surface area contributed by atoms with Crippen LogP contribution in [0.3, 0.4) is 0 Å². The molecule has 0 aliphatic heterocycles. The van der Waals surface area contributed by atoms with Gasteiger partial charge in [-0.25, -0.2) is 16.8 Å². The number of hydrogen-bond donors (Lipinski definition) is 2. The molecule has 0 unspecified atom stereocenters. The second-order valence-corrected chi connectivity index (χ2v) is 8.41. The molecule has 0 aliphatic rings. The van der Waals surface area contributed by atoms with Crippen LogP contribution in [0.2, 0.25) is 0 Å². The second kappa shape index (κ2) is 5.76. The molecule has 0 saturated carbocycles. The predicted molar refractivity (Wildman–Crippen MR) is 73.9 cm³/mol. The molecule has 3 N–H and O–H groups in total. The summed E-state index contributed by atoms with van der Waals surface area (Å²) in [6.07, 6.45) is 0.829. The highest BCUT2D eigenvalue weighted by atomic mass is 32.3. The van der Waals surface area contributed by atoms with E-state index in [9.17, 15) is 16.8 Å². The topological polar surface area (TPSA) is 118 Å². The van der Waals surface area contributed by atoms with E-state index in [0.29, 0.717) is 0 Å². The monoisotopic (exact) mass is 308 g/mol. The van der Waals surface area contributed by atoms with Gasteiger partial charge in [0.1, 0.15) is 0 Å². The number of anilines is 2. The van der Waals surface area contributed by atoms with Crippen LogP contribution in [0.4, 0.5) is 11.4 Å².